The van der Waals surface area contributed by atoms with Crippen LogP contribution in [0.15, 0.2) is 12.2 Å². The zero-order chi connectivity index (χ0) is 12.3. The van der Waals surface area contributed by atoms with Crippen LogP contribution in [0, 0.1) is 11.8 Å². The summed E-state index contributed by atoms with van der Waals surface area (Å²) in [6.07, 6.45) is 8.55. The lowest BCUT2D eigenvalue weighted by Gasteiger charge is -2.40. The van der Waals surface area contributed by atoms with Crippen LogP contribution >= 0.6 is 0 Å². The van der Waals surface area contributed by atoms with Gasteiger partial charge in [-0.15, -0.1) is 0 Å². The van der Waals surface area contributed by atoms with Gasteiger partial charge < -0.3 is 9.84 Å². The van der Waals surface area contributed by atoms with E-state index < -0.39 is 5.97 Å². The topological polar surface area (TPSA) is 46.5 Å². The average Bonchev–Trinajstić information content (AvgIpc) is 2.38. The Morgan fingerprint density at radius 1 is 1.18 bits per heavy atom. The minimum Gasteiger partial charge on any atom is -0.459 e. The molecule has 0 radical (unpaired) electrons. The number of carbonyl (C=O) groups excluding carboxylic acids is 1. The second-order valence-electron chi connectivity index (χ2n) is 5.34. The number of hydrogen-bond acceptors (Lipinski definition) is 3. The van der Waals surface area contributed by atoms with Crippen molar-refractivity contribution >= 4 is 5.97 Å². The van der Waals surface area contributed by atoms with Crippen molar-refractivity contribution in [1.82, 2.24) is 0 Å². The molecule has 2 fully saturated rings. The third-order valence-electron chi connectivity index (χ3n) is 4.25. The van der Waals surface area contributed by atoms with Crippen LogP contribution in [0.3, 0.4) is 0 Å². The van der Waals surface area contributed by atoms with E-state index >= 15 is 0 Å². The SMILES string of the molecule is C=C(CO)C(=O)OC1CCCC2CCCCC21. The van der Waals surface area contributed by atoms with Crippen LogP contribution in [0.25, 0.3) is 0 Å². The fourth-order valence-electron chi connectivity index (χ4n) is 3.31. The van der Waals surface area contributed by atoms with Crippen LogP contribution in [0.5, 0.6) is 0 Å². The highest BCUT2D eigenvalue weighted by molar-refractivity contribution is 5.88. The minimum atomic E-state index is -0.413. The Morgan fingerprint density at radius 2 is 1.88 bits per heavy atom. The molecule has 0 aliphatic heterocycles. The van der Waals surface area contributed by atoms with E-state index in [1.165, 1.54) is 32.1 Å². The molecule has 2 aliphatic carbocycles. The summed E-state index contributed by atoms with van der Waals surface area (Å²) in [5.74, 6) is 0.884. The van der Waals surface area contributed by atoms with Crippen LogP contribution in [0.4, 0.5) is 0 Å². The summed E-state index contributed by atoms with van der Waals surface area (Å²) in [4.78, 5) is 11.6. The summed E-state index contributed by atoms with van der Waals surface area (Å²) in [7, 11) is 0. The lowest BCUT2D eigenvalue weighted by Crippen LogP contribution is -2.38. The van der Waals surface area contributed by atoms with E-state index in [4.69, 9.17) is 9.84 Å². The first kappa shape index (κ1) is 12.6. The molecule has 96 valence electrons. The van der Waals surface area contributed by atoms with Crippen molar-refractivity contribution in [3.8, 4) is 0 Å². The van der Waals surface area contributed by atoms with Gasteiger partial charge in [-0.1, -0.05) is 25.8 Å². The van der Waals surface area contributed by atoms with Gasteiger partial charge in [0.25, 0.3) is 0 Å². The van der Waals surface area contributed by atoms with E-state index in [0.717, 1.165) is 18.8 Å². The first-order valence-corrected chi connectivity index (χ1v) is 6.72. The van der Waals surface area contributed by atoms with Crippen LogP contribution < -0.4 is 0 Å². The number of ether oxygens (including phenoxy) is 1. The van der Waals surface area contributed by atoms with Gasteiger partial charge >= 0.3 is 5.97 Å². The van der Waals surface area contributed by atoms with E-state index in [9.17, 15) is 4.79 Å². The maximum Gasteiger partial charge on any atom is 0.336 e. The van der Waals surface area contributed by atoms with Gasteiger partial charge in [-0.05, 0) is 37.5 Å². The van der Waals surface area contributed by atoms with E-state index in [-0.39, 0.29) is 18.3 Å². The molecule has 0 bridgehead atoms. The average molecular weight is 238 g/mol. The van der Waals surface area contributed by atoms with Gasteiger partial charge in [0.1, 0.15) is 6.10 Å². The third-order valence-corrected chi connectivity index (χ3v) is 4.25. The normalized spacial score (nSPS) is 32.6. The molecule has 3 unspecified atom stereocenters. The molecule has 0 heterocycles. The van der Waals surface area contributed by atoms with Crippen LogP contribution in [0.1, 0.15) is 44.9 Å². The molecule has 0 saturated heterocycles. The Labute approximate surface area is 103 Å². The van der Waals surface area contributed by atoms with E-state index in [1.54, 1.807) is 0 Å². The maximum absolute atomic E-state index is 11.6. The van der Waals surface area contributed by atoms with Crippen LogP contribution in [0.2, 0.25) is 0 Å². The van der Waals surface area contributed by atoms with Crippen LogP contribution in [-0.2, 0) is 9.53 Å². The first-order chi connectivity index (χ1) is 8.22. The van der Waals surface area contributed by atoms with Crippen molar-refractivity contribution in [2.24, 2.45) is 11.8 Å². The summed E-state index contributed by atoms with van der Waals surface area (Å²) < 4.78 is 5.52. The molecule has 0 aromatic carbocycles. The Morgan fingerprint density at radius 3 is 2.65 bits per heavy atom. The van der Waals surface area contributed by atoms with Gasteiger partial charge in [-0.25, -0.2) is 4.79 Å². The fraction of sp³-hybridized carbons (Fsp3) is 0.786. The molecule has 2 saturated carbocycles. The fourth-order valence-corrected chi connectivity index (χ4v) is 3.31. The number of fused-ring (bicyclic) bond motifs is 1. The monoisotopic (exact) mass is 238 g/mol. The molecule has 2 rings (SSSR count). The zero-order valence-corrected chi connectivity index (χ0v) is 10.4. The van der Waals surface area contributed by atoms with Crippen molar-refractivity contribution < 1.29 is 14.6 Å². The van der Waals surface area contributed by atoms with Gasteiger partial charge in [0.2, 0.25) is 0 Å². The summed E-state index contributed by atoms with van der Waals surface area (Å²) >= 11 is 0. The number of esters is 1. The summed E-state index contributed by atoms with van der Waals surface area (Å²) in [5.41, 5.74) is 0.169. The molecule has 1 N–H and O–H groups in total. The van der Waals surface area contributed by atoms with Crippen molar-refractivity contribution in [2.45, 2.75) is 51.0 Å². The minimum absolute atomic E-state index is 0.0600. The smallest absolute Gasteiger partial charge is 0.336 e. The van der Waals surface area contributed by atoms with Crippen molar-refractivity contribution in [1.29, 1.82) is 0 Å². The summed E-state index contributed by atoms with van der Waals surface area (Å²) in [6.45, 7) is 3.21. The molecule has 0 aromatic heterocycles. The molecule has 3 atom stereocenters. The number of hydrogen-bond donors (Lipinski definition) is 1. The summed E-state index contributed by atoms with van der Waals surface area (Å²) in [6, 6.07) is 0. The zero-order valence-electron chi connectivity index (χ0n) is 10.4. The second-order valence-corrected chi connectivity index (χ2v) is 5.34. The highest BCUT2D eigenvalue weighted by Crippen LogP contribution is 2.41. The third kappa shape index (κ3) is 2.89. The second kappa shape index (κ2) is 5.67. The number of rotatable bonds is 3. The summed E-state index contributed by atoms with van der Waals surface area (Å²) in [5, 5.41) is 8.87. The van der Waals surface area contributed by atoms with Gasteiger partial charge in [0.15, 0.2) is 0 Å². The molecule has 17 heavy (non-hydrogen) atoms. The quantitative estimate of drug-likeness (QED) is 0.607. The standard InChI is InChI=1S/C14H22O3/c1-10(9-15)14(16)17-13-8-4-6-11-5-2-3-7-12(11)13/h11-13,15H,1-9H2. The lowest BCUT2D eigenvalue weighted by atomic mass is 9.69. The highest BCUT2D eigenvalue weighted by atomic mass is 16.5. The molecular weight excluding hydrogens is 216 g/mol. The molecule has 0 aromatic rings. The number of aliphatic hydroxyl groups is 1. The molecule has 3 nitrogen and oxygen atoms in total. The predicted molar refractivity (Wildman–Crippen MR) is 65.4 cm³/mol. The maximum atomic E-state index is 11.6. The molecular formula is C14H22O3. The Kier molecular flexibility index (Phi) is 4.21. The number of carbonyl (C=O) groups is 1. The van der Waals surface area contributed by atoms with Crippen molar-refractivity contribution in [3.63, 3.8) is 0 Å². The molecule has 2 aliphatic rings. The Hall–Kier alpha value is -0.830. The molecule has 3 heteroatoms. The Balaban J connectivity index is 1.94. The largest absolute Gasteiger partial charge is 0.459 e. The lowest BCUT2D eigenvalue weighted by molar-refractivity contribution is -0.152. The van der Waals surface area contributed by atoms with Crippen LogP contribution in [-0.4, -0.2) is 23.8 Å². The van der Waals surface area contributed by atoms with Crippen molar-refractivity contribution in [3.05, 3.63) is 12.2 Å². The molecule has 0 amide bonds. The predicted octanol–water partition coefficient (Wildman–Crippen LogP) is 2.44. The van der Waals surface area contributed by atoms with E-state index in [1.807, 2.05) is 0 Å². The molecule has 0 spiro atoms. The van der Waals surface area contributed by atoms with Gasteiger partial charge in [-0.3, -0.25) is 0 Å². The first-order valence-electron chi connectivity index (χ1n) is 6.72. The Bertz CT molecular complexity index is 296. The highest BCUT2D eigenvalue weighted by Gasteiger charge is 2.37. The van der Waals surface area contributed by atoms with Gasteiger partial charge in [0, 0.05) is 0 Å². The van der Waals surface area contributed by atoms with Gasteiger partial charge in [0.05, 0.1) is 12.2 Å². The number of aliphatic hydroxyl groups excluding tert-OH is 1. The van der Waals surface area contributed by atoms with E-state index in [2.05, 4.69) is 6.58 Å². The van der Waals surface area contributed by atoms with Gasteiger partial charge in [-0.2, -0.15) is 0 Å². The van der Waals surface area contributed by atoms with E-state index in [0.29, 0.717) is 5.92 Å². The van der Waals surface area contributed by atoms with Crippen molar-refractivity contribution in [2.75, 3.05) is 6.61 Å².